The van der Waals surface area contributed by atoms with E-state index in [2.05, 4.69) is 17.2 Å². The summed E-state index contributed by atoms with van der Waals surface area (Å²) in [6.07, 6.45) is 1.42. The molecule has 0 aliphatic rings. The summed E-state index contributed by atoms with van der Waals surface area (Å²) in [6, 6.07) is 0. The first-order valence-corrected chi connectivity index (χ1v) is 3.53. The van der Waals surface area contributed by atoms with E-state index < -0.39 is 5.83 Å². The lowest BCUT2D eigenvalue weighted by molar-refractivity contribution is 0.651. The molecule has 0 rings (SSSR count). The van der Waals surface area contributed by atoms with Crippen LogP contribution in [-0.4, -0.2) is 20.3 Å². The molecule has 0 aromatic carbocycles. The van der Waals surface area contributed by atoms with Gasteiger partial charge in [0.15, 0.2) is 0 Å². The Morgan fingerprint density at radius 2 is 2.27 bits per heavy atom. The van der Waals surface area contributed by atoms with Crippen molar-refractivity contribution in [2.24, 2.45) is 0 Å². The predicted octanol–water partition coefficient (Wildman–Crippen LogP) is 1.18. The lowest BCUT2D eigenvalue weighted by Gasteiger charge is -2.02. The van der Waals surface area contributed by atoms with Gasteiger partial charge in [0.1, 0.15) is 5.83 Å². The lowest BCUT2D eigenvalue weighted by atomic mass is 10.3. The van der Waals surface area contributed by atoms with E-state index in [1.165, 1.54) is 6.08 Å². The van der Waals surface area contributed by atoms with Crippen molar-refractivity contribution >= 4 is 0 Å². The number of rotatable bonds is 5. The molecule has 0 saturated carbocycles. The van der Waals surface area contributed by atoms with E-state index in [9.17, 15) is 4.39 Å². The van der Waals surface area contributed by atoms with Crippen molar-refractivity contribution in [3.8, 4) is 0 Å². The van der Waals surface area contributed by atoms with Gasteiger partial charge in [0, 0.05) is 13.2 Å². The van der Waals surface area contributed by atoms with E-state index in [0.717, 1.165) is 12.2 Å². The van der Waals surface area contributed by atoms with Crippen molar-refractivity contribution in [2.45, 2.75) is 6.92 Å². The minimum atomic E-state index is -0.395. The number of hydrogen-bond donors (Lipinski definition) is 2. The highest BCUT2D eigenvalue weighted by molar-refractivity contribution is 5.14. The molecule has 0 amide bonds. The molecule has 0 unspecified atom stereocenters. The normalized spacial score (nSPS) is 11.7. The van der Waals surface area contributed by atoms with Gasteiger partial charge in [-0.2, -0.15) is 0 Å². The molecule has 0 aromatic rings. The molecule has 64 valence electrons. The molecular formula is C8H15FN2. The monoisotopic (exact) mass is 158 g/mol. The molecular weight excluding hydrogens is 143 g/mol. The summed E-state index contributed by atoms with van der Waals surface area (Å²) in [6.45, 7) is 6.40. The number of halogens is 1. The van der Waals surface area contributed by atoms with Crippen LogP contribution >= 0.6 is 0 Å². The van der Waals surface area contributed by atoms with Gasteiger partial charge in [0.25, 0.3) is 0 Å². The maximum atomic E-state index is 12.1. The fraction of sp³-hybridized carbons (Fsp3) is 0.500. The van der Waals surface area contributed by atoms with E-state index in [1.807, 2.05) is 14.0 Å². The minimum absolute atomic E-state index is 0.395. The Balaban J connectivity index is 3.51. The van der Waals surface area contributed by atoms with E-state index in [4.69, 9.17) is 0 Å². The second-order valence-electron chi connectivity index (χ2n) is 2.39. The van der Waals surface area contributed by atoms with Crippen LogP contribution in [0.5, 0.6) is 0 Å². The van der Waals surface area contributed by atoms with Crippen molar-refractivity contribution in [1.29, 1.82) is 0 Å². The van der Waals surface area contributed by atoms with Crippen LogP contribution in [0, 0.1) is 0 Å². The average molecular weight is 158 g/mol. The zero-order valence-electron chi connectivity index (χ0n) is 7.08. The van der Waals surface area contributed by atoms with Crippen molar-refractivity contribution in [3.63, 3.8) is 0 Å². The van der Waals surface area contributed by atoms with Crippen molar-refractivity contribution in [1.82, 2.24) is 10.6 Å². The summed E-state index contributed by atoms with van der Waals surface area (Å²) in [5.74, 6) is -0.395. The third kappa shape index (κ3) is 7.22. The van der Waals surface area contributed by atoms with Crippen LogP contribution < -0.4 is 10.6 Å². The summed E-state index contributed by atoms with van der Waals surface area (Å²) < 4.78 is 12.1. The van der Waals surface area contributed by atoms with Crippen LogP contribution in [-0.2, 0) is 0 Å². The van der Waals surface area contributed by atoms with Gasteiger partial charge in [-0.1, -0.05) is 12.2 Å². The predicted molar refractivity (Wildman–Crippen MR) is 45.9 cm³/mol. The fourth-order valence-electron chi connectivity index (χ4n) is 0.703. The second kappa shape index (κ2) is 6.07. The first kappa shape index (κ1) is 10.3. The number of allylic oxidation sites excluding steroid dienone is 2. The number of hydrogen-bond acceptors (Lipinski definition) is 2. The molecule has 0 aliphatic carbocycles. The molecule has 0 heterocycles. The summed E-state index contributed by atoms with van der Waals surface area (Å²) in [7, 11) is 1.85. The smallest absolute Gasteiger partial charge is 0.116 e. The van der Waals surface area contributed by atoms with Gasteiger partial charge in [0.2, 0.25) is 0 Å². The molecule has 11 heavy (non-hydrogen) atoms. The third-order valence-electron chi connectivity index (χ3n) is 1.11. The van der Waals surface area contributed by atoms with Gasteiger partial charge in [-0.05, 0) is 20.0 Å². The van der Waals surface area contributed by atoms with Gasteiger partial charge in [-0.15, -0.1) is 0 Å². The summed E-state index contributed by atoms with van der Waals surface area (Å²) in [5.41, 5.74) is 0.938. The standard InChI is InChI=1S/C8H15FN2/c1-7(4-8(2)9)5-11-6-10-3/h4,10-11H,2,5-6H2,1,3H3/b7-4+. The fourth-order valence-corrected chi connectivity index (χ4v) is 0.703. The van der Waals surface area contributed by atoms with Crippen LogP contribution in [0.25, 0.3) is 0 Å². The van der Waals surface area contributed by atoms with Crippen LogP contribution in [0.3, 0.4) is 0 Å². The van der Waals surface area contributed by atoms with E-state index in [1.54, 1.807) is 0 Å². The topological polar surface area (TPSA) is 24.1 Å². The van der Waals surface area contributed by atoms with Crippen LogP contribution in [0.2, 0.25) is 0 Å². The van der Waals surface area contributed by atoms with Gasteiger partial charge >= 0.3 is 0 Å². The van der Waals surface area contributed by atoms with Crippen LogP contribution in [0.15, 0.2) is 24.1 Å². The molecule has 0 radical (unpaired) electrons. The van der Waals surface area contributed by atoms with Crippen molar-refractivity contribution in [2.75, 3.05) is 20.3 Å². The first-order valence-electron chi connectivity index (χ1n) is 3.53. The van der Waals surface area contributed by atoms with Gasteiger partial charge < -0.3 is 10.6 Å². The average Bonchev–Trinajstić information content (AvgIpc) is 1.86. The highest BCUT2D eigenvalue weighted by Crippen LogP contribution is 1.98. The SMILES string of the molecule is C=C(F)/C=C(\C)CNCNC. The Kier molecular flexibility index (Phi) is 5.70. The molecule has 0 saturated heterocycles. The number of nitrogens with one attached hydrogen (secondary N) is 2. The molecule has 0 fully saturated rings. The molecule has 0 aromatic heterocycles. The highest BCUT2D eigenvalue weighted by atomic mass is 19.1. The second-order valence-corrected chi connectivity index (χ2v) is 2.39. The van der Waals surface area contributed by atoms with E-state index in [0.29, 0.717) is 6.54 Å². The van der Waals surface area contributed by atoms with Crippen molar-refractivity contribution < 1.29 is 4.39 Å². The maximum absolute atomic E-state index is 12.1. The quantitative estimate of drug-likeness (QED) is 0.357. The highest BCUT2D eigenvalue weighted by Gasteiger charge is 1.89. The zero-order valence-corrected chi connectivity index (χ0v) is 7.08. The summed E-state index contributed by atoms with van der Waals surface area (Å²) in [5, 5.41) is 5.97. The van der Waals surface area contributed by atoms with Crippen LogP contribution in [0.1, 0.15) is 6.92 Å². The summed E-state index contributed by atoms with van der Waals surface area (Å²) >= 11 is 0. The Morgan fingerprint density at radius 3 is 2.73 bits per heavy atom. The molecule has 0 aliphatic heterocycles. The molecule has 3 heteroatoms. The zero-order chi connectivity index (χ0) is 8.69. The Bertz CT molecular complexity index is 152. The molecule has 2 N–H and O–H groups in total. The molecule has 0 spiro atoms. The lowest BCUT2D eigenvalue weighted by Crippen LogP contribution is -2.27. The van der Waals surface area contributed by atoms with Crippen molar-refractivity contribution in [3.05, 3.63) is 24.1 Å². The molecule has 0 atom stereocenters. The minimum Gasteiger partial charge on any atom is -0.308 e. The largest absolute Gasteiger partial charge is 0.308 e. The van der Waals surface area contributed by atoms with Gasteiger partial charge in [-0.25, -0.2) is 4.39 Å². The van der Waals surface area contributed by atoms with Gasteiger partial charge in [0.05, 0.1) is 0 Å². The van der Waals surface area contributed by atoms with Crippen LogP contribution in [0.4, 0.5) is 4.39 Å². The Hall–Kier alpha value is -0.670. The van der Waals surface area contributed by atoms with Gasteiger partial charge in [-0.3, -0.25) is 0 Å². The van der Waals surface area contributed by atoms with E-state index in [-0.39, 0.29) is 0 Å². The van der Waals surface area contributed by atoms with E-state index >= 15 is 0 Å². The third-order valence-corrected chi connectivity index (χ3v) is 1.11. The Labute approximate surface area is 67.2 Å². The summed E-state index contributed by atoms with van der Waals surface area (Å²) in [4.78, 5) is 0. The Morgan fingerprint density at radius 1 is 1.64 bits per heavy atom. The molecule has 0 bridgehead atoms. The maximum Gasteiger partial charge on any atom is 0.116 e. The first-order chi connectivity index (χ1) is 5.16. The molecule has 2 nitrogen and oxygen atoms in total.